The van der Waals surface area contributed by atoms with Crippen molar-refractivity contribution < 1.29 is 14.1 Å². The Morgan fingerprint density at radius 1 is 1.28 bits per heavy atom. The van der Waals surface area contributed by atoms with E-state index in [-0.39, 0.29) is 23.4 Å². The number of thioether (sulfide) groups is 1. The summed E-state index contributed by atoms with van der Waals surface area (Å²) < 4.78 is 5.40. The van der Waals surface area contributed by atoms with Crippen LogP contribution in [0.15, 0.2) is 28.8 Å². The predicted octanol–water partition coefficient (Wildman–Crippen LogP) is 2.66. The molecule has 1 aliphatic carbocycles. The van der Waals surface area contributed by atoms with Crippen molar-refractivity contribution in [2.45, 2.75) is 37.8 Å². The second-order valence-electron chi connectivity index (χ2n) is 6.52. The van der Waals surface area contributed by atoms with Gasteiger partial charge in [0.25, 0.3) is 11.1 Å². The summed E-state index contributed by atoms with van der Waals surface area (Å²) in [5, 5.41) is 3.86. The van der Waals surface area contributed by atoms with Gasteiger partial charge >= 0.3 is 0 Å². The number of hydrogen-bond donors (Lipinski definition) is 1. The van der Waals surface area contributed by atoms with Crippen LogP contribution in [0.25, 0.3) is 11.5 Å². The van der Waals surface area contributed by atoms with Gasteiger partial charge in [0.1, 0.15) is 0 Å². The van der Waals surface area contributed by atoms with E-state index in [0.29, 0.717) is 11.7 Å². The number of carbonyl (C=O) groups excluding carboxylic acids is 2. The highest BCUT2D eigenvalue weighted by Gasteiger charge is 2.36. The number of hydrogen-bond acceptors (Lipinski definition) is 7. The van der Waals surface area contributed by atoms with E-state index in [0.717, 1.165) is 48.6 Å². The first-order valence-electron chi connectivity index (χ1n) is 8.25. The molecule has 2 aliphatic rings. The third kappa shape index (κ3) is 3.07. The first-order valence-corrected chi connectivity index (χ1v) is 9.23. The number of amides is 2. The molecule has 7 nitrogen and oxygen atoms in total. The normalized spacial score (nSPS) is 19.8. The lowest BCUT2D eigenvalue weighted by molar-refractivity contribution is -0.125. The zero-order valence-electron chi connectivity index (χ0n) is 13.6. The molecular weight excluding hydrogens is 340 g/mol. The number of aromatic nitrogens is 2. The van der Waals surface area contributed by atoms with Crippen molar-refractivity contribution in [1.29, 1.82) is 0 Å². The van der Waals surface area contributed by atoms with Crippen LogP contribution in [0.5, 0.6) is 0 Å². The molecule has 1 aliphatic heterocycles. The van der Waals surface area contributed by atoms with E-state index in [4.69, 9.17) is 10.3 Å². The number of nitrogens with zero attached hydrogens (tertiary/aromatic N) is 3. The molecule has 2 fully saturated rings. The lowest BCUT2D eigenvalue weighted by Crippen LogP contribution is -2.34. The Hall–Kier alpha value is -2.19. The molecule has 2 heterocycles. The highest BCUT2D eigenvalue weighted by Crippen LogP contribution is 2.35. The third-order valence-corrected chi connectivity index (χ3v) is 5.58. The largest absolute Gasteiger partial charge is 0.334 e. The molecule has 0 atom stereocenters. The molecule has 130 valence electrons. The van der Waals surface area contributed by atoms with Crippen LogP contribution in [-0.2, 0) is 16.9 Å². The molecule has 25 heavy (non-hydrogen) atoms. The average molecular weight is 358 g/mol. The summed E-state index contributed by atoms with van der Waals surface area (Å²) in [5.74, 6) is 1.00. The Labute approximate surface area is 148 Å². The Bertz CT molecular complexity index is 813. The highest BCUT2D eigenvalue weighted by molar-refractivity contribution is 8.14. The van der Waals surface area contributed by atoms with Crippen molar-refractivity contribution in [3.05, 3.63) is 35.7 Å². The summed E-state index contributed by atoms with van der Waals surface area (Å²) in [7, 11) is 0. The maximum atomic E-state index is 11.8. The standard InChI is InChI=1S/C17H18N4O3S/c18-17(6-1-2-7-17)15-19-14(24-20-15)12-5-3-4-11(8-12)9-21-13(22)10-25-16(21)23/h3-5,8H,1-2,6-7,9-10,18H2. The smallest absolute Gasteiger partial charge is 0.289 e. The van der Waals surface area contributed by atoms with Crippen LogP contribution in [0.2, 0.25) is 0 Å². The first kappa shape index (κ1) is 16.3. The van der Waals surface area contributed by atoms with Crippen LogP contribution in [0.3, 0.4) is 0 Å². The number of nitrogens with two attached hydrogens (primary N) is 1. The van der Waals surface area contributed by atoms with E-state index in [1.807, 2.05) is 24.3 Å². The maximum Gasteiger partial charge on any atom is 0.289 e. The topological polar surface area (TPSA) is 102 Å². The maximum absolute atomic E-state index is 11.8. The van der Waals surface area contributed by atoms with E-state index in [2.05, 4.69) is 10.1 Å². The average Bonchev–Trinajstić information content (AvgIpc) is 3.33. The summed E-state index contributed by atoms with van der Waals surface area (Å²) in [6.07, 6.45) is 3.88. The van der Waals surface area contributed by atoms with Crippen molar-refractivity contribution >= 4 is 22.9 Å². The van der Waals surface area contributed by atoms with Gasteiger partial charge in [-0.05, 0) is 30.5 Å². The van der Waals surface area contributed by atoms with E-state index in [1.54, 1.807) is 0 Å². The quantitative estimate of drug-likeness (QED) is 0.896. The van der Waals surface area contributed by atoms with E-state index < -0.39 is 5.54 Å². The molecule has 2 N–H and O–H groups in total. The summed E-state index contributed by atoms with van der Waals surface area (Å²) in [6.45, 7) is 0.250. The van der Waals surface area contributed by atoms with Gasteiger partial charge in [-0.25, -0.2) is 0 Å². The van der Waals surface area contributed by atoms with Crippen LogP contribution < -0.4 is 5.73 Å². The zero-order chi connectivity index (χ0) is 17.4. The van der Waals surface area contributed by atoms with E-state index in [1.165, 1.54) is 4.90 Å². The van der Waals surface area contributed by atoms with Gasteiger partial charge in [0, 0.05) is 5.56 Å². The minimum Gasteiger partial charge on any atom is -0.334 e. The fourth-order valence-electron chi connectivity index (χ4n) is 3.29. The molecule has 2 amide bonds. The van der Waals surface area contributed by atoms with Gasteiger partial charge in [0.2, 0.25) is 5.91 Å². The van der Waals surface area contributed by atoms with Gasteiger partial charge < -0.3 is 10.3 Å². The van der Waals surface area contributed by atoms with Crippen LogP contribution >= 0.6 is 11.8 Å². The summed E-state index contributed by atoms with van der Waals surface area (Å²) >= 11 is 1.03. The number of rotatable bonds is 4. The molecule has 1 aromatic heterocycles. The highest BCUT2D eigenvalue weighted by atomic mass is 32.2. The fourth-order valence-corrected chi connectivity index (χ4v) is 4.02. The minimum absolute atomic E-state index is 0.160. The van der Waals surface area contributed by atoms with Crippen molar-refractivity contribution in [3.8, 4) is 11.5 Å². The molecule has 4 rings (SSSR count). The van der Waals surface area contributed by atoms with Gasteiger partial charge in [0.15, 0.2) is 5.82 Å². The molecule has 0 spiro atoms. The zero-order valence-corrected chi connectivity index (χ0v) is 14.4. The minimum atomic E-state index is -0.495. The lowest BCUT2D eigenvalue weighted by Gasteiger charge is -2.17. The Morgan fingerprint density at radius 3 is 2.80 bits per heavy atom. The first-order chi connectivity index (χ1) is 12.0. The SMILES string of the molecule is NC1(c2noc(-c3cccc(CN4C(=O)CSC4=O)c3)n2)CCCC1. The fraction of sp³-hybridized carbons (Fsp3) is 0.412. The lowest BCUT2D eigenvalue weighted by atomic mass is 9.98. The van der Waals surface area contributed by atoms with Gasteiger partial charge in [-0.1, -0.05) is 41.9 Å². The Kier molecular flexibility index (Phi) is 4.09. The van der Waals surface area contributed by atoms with Gasteiger partial charge in [-0.2, -0.15) is 4.98 Å². The molecule has 8 heteroatoms. The molecule has 1 saturated heterocycles. The van der Waals surface area contributed by atoms with Gasteiger partial charge in [0.05, 0.1) is 17.8 Å². The van der Waals surface area contributed by atoms with Crippen LogP contribution in [-0.4, -0.2) is 31.9 Å². The van der Waals surface area contributed by atoms with E-state index >= 15 is 0 Å². The molecule has 1 saturated carbocycles. The monoisotopic (exact) mass is 358 g/mol. The summed E-state index contributed by atoms with van der Waals surface area (Å²) in [4.78, 5) is 29.2. The number of benzene rings is 1. The Morgan fingerprint density at radius 2 is 2.08 bits per heavy atom. The molecular formula is C17H18N4O3S. The van der Waals surface area contributed by atoms with Crippen molar-refractivity contribution in [2.75, 3.05) is 5.75 Å². The molecule has 0 unspecified atom stereocenters. The van der Waals surface area contributed by atoms with Gasteiger partial charge in [-0.3, -0.25) is 14.5 Å². The van der Waals surface area contributed by atoms with Crippen LogP contribution in [0.4, 0.5) is 4.79 Å². The second kappa shape index (κ2) is 6.27. The van der Waals surface area contributed by atoms with Crippen molar-refractivity contribution in [2.24, 2.45) is 5.73 Å². The molecule has 0 radical (unpaired) electrons. The molecule has 2 aromatic rings. The van der Waals surface area contributed by atoms with Crippen LogP contribution in [0.1, 0.15) is 37.1 Å². The van der Waals surface area contributed by atoms with Crippen LogP contribution in [0, 0.1) is 0 Å². The second-order valence-corrected chi connectivity index (χ2v) is 7.45. The molecule has 1 aromatic carbocycles. The number of imide groups is 1. The predicted molar refractivity (Wildman–Crippen MR) is 92.5 cm³/mol. The Balaban J connectivity index is 1.56. The third-order valence-electron chi connectivity index (χ3n) is 4.72. The van der Waals surface area contributed by atoms with Crippen molar-refractivity contribution in [1.82, 2.24) is 15.0 Å². The van der Waals surface area contributed by atoms with Gasteiger partial charge in [-0.15, -0.1) is 0 Å². The van der Waals surface area contributed by atoms with Crippen molar-refractivity contribution in [3.63, 3.8) is 0 Å². The number of carbonyl (C=O) groups is 2. The van der Waals surface area contributed by atoms with E-state index in [9.17, 15) is 9.59 Å². The molecule has 0 bridgehead atoms. The summed E-state index contributed by atoms with van der Waals surface area (Å²) in [5.41, 5.74) is 7.47. The summed E-state index contributed by atoms with van der Waals surface area (Å²) in [6, 6.07) is 7.44.